The number of nitrogens with zero attached hydrogens (tertiary/aromatic N) is 2. The van der Waals surface area contributed by atoms with E-state index in [1.807, 2.05) is 17.7 Å². The van der Waals surface area contributed by atoms with Gasteiger partial charge in [-0.2, -0.15) is 5.10 Å². The van der Waals surface area contributed by atoms with Crippen molar-refractivity contribution in [3.63, 3.8) is 0 Å². The van der Waals surface area contributed by atoms with E-state index in [1.165, 1.54) is 24.0 Å². The van der Waals surface area contributed by atoms with Crippen LogP contribution < -0.4 is 0 Å². The standard InChI is InChI=1S/C15H17BrN2O/c1-2-18-14(13(16)9-17-18)15(19)12-7-6-10-4-3-5-11(10)8-12/h6-9,15,19H,2-5H2,1H3. The van der Waals surface area contributed by atoms with Crippen LogP contribution in [0, 0.1) is 0 Å². The predicted octanol–water partition coefficient (Wildman–Crippen LogP) is 3.24. The van der Waals surface area contributed by atoms with Gasteiger partial charge in [0.05, 0.1) is 16.4 Å². The summed E-state index contributed by atoms with van der Waals surface area (Å²) in [5.41, 5.74) is 4.60. The minimum absolute atomic E-state index is 0.622. The summed E-state index contributed by atoms with van der Waals surface area (Å²) in [7, 11) is 0. The molecule has 0 radical (unpaired) electrons. The topological polar surface area (TPSA) is 38.0 Å². The molecular formula is C15H17BrN2O. The molecule has 0 saturated heterocycles. The first-order chi connectivity index (χ1) is 9.20. The maximum Gasteiger partial charge on any atom is 0.122 e. The molecule has 1 heterocycles. The summed E-state index contributed by atoms with van der Waals surface area (Å²) in [4.78, 5) is 0. The van der Waals surface area contributed by atoms with Crippen molar-refractivity contribution >= 4 is 15.9 Å². The lowest BCUT2D eigenvalue weighted by Crippen LogP contribution is -2.10. The van der Waals surface area contributed by atoms with Gasteiger partial charge in [-0.1, -0.05) is 18.2 Å². The molecule has 0 spiro atoms. The van der Waals surface area contributed by atoms with Crippen LogP contribution in [0.25, 0.3) is 0 Å². The summed E-state index contributed by atoms with van der Waals surface area (Å²) in [6.07, 6.45) is 4.65. The van der Waals surface area contributed by atoms with E-state index in [4.69, 9.17) is 0 Å². The van der Waals surface area contributed by atoms with Crippen LogP contribution in [0.1, 0.15) is 41.8 Å². The Morgan fingerprint density at radius 3 is 2.95 bits per heavy atom. The van der Waals surface area contributed by atoms with Crippen molar-refractivity contribution in [2.45, 2.75) is 38.8 Å². The van der Waals surface area contributed by atoms with E-state index in [0.29, 0.717) is 0 Å². The van der Waals surface area contributed by atoms with E-state index < -0.39 is 6.10 Å². The summed E-state index contributed by atoms with van der Waals surface area (Å²) in [6.45, 7) is 2.78. The Labute approximate surface area is 121 Å². The van der Waals surface area contributed by atoms with Gasteiger partial charge in [-0.15, -0.1) is 0 Å². The molecule has 19 heavy (non-hydrogen) atoms. The molecule has 3 rings (SSSR count). The van der Waals surface area contributed by atoms with Crippen LogP contribution in [0.5, 0.6) is 0 Å². The molecule has 1 aliphatic rings. The number of aryl methyl sites for hydroxylation is 3. The average Bonchev–Trinajstić information content (AvgIpc) is 3.02. The normalized spacial score (nSPS) is 15.5. The lowest BCUT2D eigenvalue weighted by molar-refractivity contribution is 0.207. The highest BCUT2D eigenvalue weighted by Gasteiger charge is 2.21. The summed E-state index contributed by atoms with van der Waals surface area (Å²) in [5.74, 6) is 0. The zero-order chi connectivity index (χ0) is 13.4. The molecule has 1 N–H and O–H groups in total. The van der Waals surface area contributed by atoms with Crippen LogP contribution in [0.15, 0.2) is 28.9 Å². The SMILES string of the molecule is CCn1ncc(Br)c1C(O)c1ccc2c(c1)CCC2. The Morgan fingerprint density at radius 1 is 1.37 bits per heavy atom. The van der Waals surface area contributed by atoms with Gasteiger partial charge >= 0.3 is 0 Å². The van der Waals surface area contributed by atoms with Gasteiger partial charge in [-0.3, -0.25) is 4.68 Å². The van der Waals surface area contributed by atoms with Crippen LogP contribution in [0.4, 0.5) is 0 Å². The van der Waals surface area contributed by atoms with Crippen LogP contribution in [-0.4, -0.2) is 14.9 Å². The van der Waals surface area contributed by atoms with Gasteiger partial charge in [0.1, 0.15) is 6.10 Å². The molecule has 1 atom stereocenters. The van der Waals surface area contributed by atoms with Crippen LogP contribution in [-0.2, 0) is 19.4 Å². The van der Waals surface area contributed by atoms with E-state index in [9.17, 15) is 5.11 Å². The molecule has 3 nitrogen and oxygen atoms in total. The minimum atomic E-state index is -0.622. The number of rotatable bonds is 3. The molecule has 0 bridgehead atoms. The van der Waals surface area contributed by atoms with Crippen molar-refractivity contribution in [1.29, 1.82) is 0 Å². The molecule has 0 fully saturated rings. The first-order valence-electron chi connectivity index (χ1n) is 6.71. The maximum atomic E-state index is 10.6. The van der Waals surface area contributed by atoms with Gasteiger partial charge in [0.2, 0.25) is 0 Å². The molecule has 0 amide bonds. The van der Waals surface area contributed by atoms with Crippen molar-refractivity contribution < 1.29 is 5.11 Å². The first-order valence-corrected chi connectivity index (χ1v) is 7.51. The first kappa shape index (κ1) is 12.9. The third kappa shape index (κ3) is 2.23. The molecule has 0 saturated carbocycles. The quantitative estimate of drug-likeness (QED) is 0.942. The molecule has 1 aromatic heterocycles. The fourth-order valence-corrected chi connectivity index (χ4v) is 3.33. The summed E-state index contributed by atoms with van der Waals surface area (Å²) < 4.78 is 2.70. The number of hydrogen-bond acceptors (Lipinski definition) is 2. The monoisotopic (exact) mass is 320 g/mol. The third-order valence-electron chi connectivity index (χ3n) is 3.83. The van der Waals surface area contributed by atoms with Gasteiger partial charge in [-0.05, 0) is 58.8 Å². The molecular weight excluding hydrogens is 304 g/mol. The molecule has 4 heteroatoms. The molecule has 2 aromatic rings. The van der Waals surface area contributed by atoms with Gasteiger partial charge in [0, 0.05) is 6.54 Å². The van der Waals surface area contributed by atoms with Crippen molar-refractivity contribution in [1.82, 2.24) is 9.78 Å². The van der Waals surface area contributed by atoms with Gasteiger partial charge in [-0.25, -0.2) is 0 Å². The van der Waals surface area contributed by atoms with Crippen molar-refractivity contribution in [3.05, 3.63) is 51.3 Å². The van der Waals surface area contributed by atoms with Crippen LogP contribution in [0.3, 0.4) is 0 Å². The number of benzene rings is 1. The molecule has 100 valence electrons. The fraction of sp³-hybridized carbons (Fsp3) is 0.400. The van der Waals surface area contributed by atoms with Crippen LogP contribution >= 0.6 is 15.9 Å². The summed E-state index contributed by atoms with van der Waals surface area (Å²) >= 11 is 3.47. The van der Waals surface area contributed by atoms with Crippen LogP contribution in [0.2, 0.25) is 0 Å². The summed E-state index contributed by atoms with van der Waals surface area (Å²) in [5, 5.41) is 14.9. The largest absolute Gasteiger partial charge is 0.382 e. The number of halogens is 1. The molecule has 1 aliphatic carbocycles. The lowest BCUT2D eigenvalue weighted by atomic mass is 10.0. The van der Waals surface area contributed by atoms with Gasteiger partial charge < -0.3 is 5.11 Å². The Bertz CT molecular complexity index is 606. The number of aromatic nitrogens is 2. The average molecular weight is 321 g/mol. The van der Waals surface area contributed by atoms with E-state index in [0.717, 1.165) is 28.7 Å². The highest BCUT2D eigenvalue weighted by molar-refractivity contribution is 9.10. The Morgan fingerprint density at radius 2 is 2.16 bits per heavy atom. The second-order valence-electron chi connectivity index (χ2n) is 4.98. The van der Waals surface area contributed by atoms with E-state index >= 15 is 0 Å². The lowest BCUT2D eigenvalue weighted by Gasteiger charge is -2.15. The number of fused-ring (bicyclic) bond motifs is 1. The maximum absolute atomic E-state index is 10.6. The summed E-state index contributed by atoms with van der Waals surface area (Å²) in [6, 6.07) is 6.34. The molecule has 1 aromatic carbocycles. The van der Waals surface area contributed by atoms with E-state index in [-0.39, 0.29) is 0 Å². The number of hydrogen-bond donors (Lipinski definition) is 1. The van der Waals surface area contributed by atoms with E-state index in [1.54, 1.807) is 6.20 Å². The molecule has 0 aliphatic heterocycles. The fourth-order valence-electron chi connectivity index (χ4n) is 2.82. The highest BCUT2D eigenvalue weighted by atomic mass is 79.9. The van der Waals surface area contributed by atoms with Crippen molar-refractivity contribution in [3.8, 4) is 0 Å². The number of aliphatic hydroxyl groups excluding tert-OH is 1. The second kappa shape index (κ2) is 5.10. The van der Waals surface area contributed by atoms with E-state index in [2.05, 4.69) is 33.2 Å². The van der Waals surface area contributed by atoms with Crippen molar-refractivity contribution in [2.75, 3.05) is 0 Å². The third-order valence-corrected chi connectivity index (χ3v) is 4.44. The smallest absolute Gasteiger partial charge is 0.122 e. The molecule has 1 unspecified atom stereocenters. The predicted molar refractivity (Wildman–Crippen MR) is 78.1 cm³/mol. The van der Waals surface area contributed by atoms with Crippen molar-refractivity contribution in [2.24, 2.45) is 0 Å². The van der Waals surface area contributed by atoms with Gasteiger partial charge in [0.25, 0.3) is 0 Å². The zero-order valence-corrected chi connectivity index (χ0v) is 12.5. The Kier molecular flexibility index (Phi) is 3.46. The zero-order valence-electron chi connectivity index (χ0n) is 10.9. The minimum Gasteiger partial charge on any atom is -0.382 e. The Hall–Kier alpha value is -1.13. The number of aliphatic hydroxyl groups is 1. The second-order valence-corrected chi connectivity index (χ2v) is 5.83. The Balaban J connectivity index is 1.99. The van der Waals surface area contributed by atoms with Gasteiger partial charge in [0.15, 0.2) is 0 Å². The highest BCUT2D eigenvalue weighted by Crippen LogP contribution is 2.31.